The molecule has 0 radical (unpaired) electrons. The van der Waals surface area contributed by atoms with E-state index in [9.17, 15) is 9.59 Å². The normalized spacial score (nSPS) is 22.2. The second-order valence-electron chi connectivity index (χ2n) is 2.72. The van der Waals surface area contributed by atoms with Crippen molar-refractivity contribution in [3.05, 3.63) is 0 Å². The largest absolute Gasteiger partial charge is 0.363 e. The van der Waals surface area contributed by atoms with E-state index in [1.807, 2.05) is 0 Å². The van der Waals surface area contributed by atoms with Crippen molar-refractivity contribution in [2.45, 2.75) is 19.5 Å². The smallest absolute Gasteiger partial charge is 0.228 e. The molecule has 0 aliphatic carbocycles. The Morgan fingerprint density at radius 3 is 2.92 bits per heavy atom. The Hall–Kier alpha value is -0.940. The van der Waals surface area contributed by atoms with Gasteiger partial charge in [-0.05, 0) is 6.92 Å². The second-order valence-corrected chi connectivity index (χ2v) is 2.72. The molecule has 68 valence electrons. The first kappa shape index (κ1) is 9.15. The van der Waals surface area contributed by atoms with E-state index in [-0.39, 0.29) is 24.3 Å². The van der Waals surface area contributed by atoms with Crippen LogP contribution in [0, 0.1) is 0 Å². The Morgan fingerprint density at radius 2 is 2.42 bits per heavy atom. The van der Waals surface area contributed by atoms with Gasteiger partial charge in [0.1, 0.15) is 11.9 Å². The third-order valence-electron chi connectivity index (χ3n) is 1.46. The standard InChI is InChI=1S/C7H12N2O3/c1-5(10)2-7(11)9-6-3-12-4-8-6/h6,8H,2-4H2,1H3,(H,9,11). The van der Waals surface area contributed by atoms with Crippen molar-refractivity contribution in [2.24, 2.45) is 0 Å². The summed E-state index contributed by atoms with van der Waals surface area (Å²) in [5.74, 6) is -0.392. The molecule has 0 bridgehead atoms. The molecule has 1 rings (SSSR count). The van der Waals surface area contributed by atoms with Crippen LogP contribution >= 0.6 is 0 Å². The zero-order valence-corrected chi connectivity index (χ0v) is 6.92. The maximum Gasteiger partial charge on any atom is 0.228 e. The predicted octanol–water partition coefficient (Wildman–Crippen LogP) is -1.01. The van der Waals surface area contributed by atoms with Gasteiger partial charge in [-0.1, -0.05) is 0 Å². The molecule has 1 aliphatic heterocycles. The van der Waals surface area contributed by atoms with Crippen LogP contribution in [0.5, 0.6) is 0 Å². The number of hydrogen-bond acceptors (Lipinski definition) is 4. The summed E-state index contributed by atoms with van der Waals surface area (Å²) in [6.07, 6.45) is -0.199. The minimum absolute atomic E-state index is 0.0574. The van der Waals surface area contributed by atoms with Gasteiger partial charge in [-0.15, -0.1) is 0 Å². The molecular weight excluding hydrogens is 160 g/mol. The molecule has 5 nitrogen and oxygen atoms in total. The number of carbonyl (C=O) groups excluding carboxylic acids is 2. The van der Waals surface area contributed by atoms with Crippen molar-refractivity contribution < 1.29 is 14.3 Å². The summed E-state index contributed by atoms with van der Waals surface area (Å²) in [7, 11) is 0. The molecule has 1 atom stereocenters. The van der Waals surface area contributed by atoms with E-state index in [0.29, 0.717) is 13.3 Å². The fraction of sp³-hybridized carbons (Fsp3) is 0.714. The summed E-state index contributed by atoms with van der Waals surface area (Å²) in [5, 5.41) is 5.51. The number of hydrogen-bond donors (Lipinski definition) is 2. The van der Waals surface area contributed by atoms with Crippen molar-refractivity contribution in [2.75, 3.05) is 13.3 Å². The van der Waals surface area contributed by atoms with Gasteiger partial charge in [0.2, 0.25) is 5.91 Å². The average Bonchev–Trinajstić information content (AvgIpc) is 2.37. The summed E-state index contributed by atoms with van der Waals surface area (Å²) < 4.78 is 4.95. The molecule has 1 aliphatic rings. The van der Waals surface area contributed by atoms with Crippen molar-refractivity contribution in [1.29, 1.82) is 0 Å². The van der Waals surface area contributed by atoms with Crippen LogP contribution in [0.2, 0.25) is 0 Å². The third kappa shape index (κ3) is 2.98. The Bertz CT molecular complexity index is 187. The van der Waals surface area contributed by atoms with Crippen LogP contribution in [0.3, 0.4) is 0 Å². The molecule has 1 fully saturated rings. The minimum Gasteiger partial charge on any atom is -0.363 e. The Morgan fingerprint density at radius 1 is 1.67 bits per heavy atom. The zero-order chi connectivity index (χ0) is 8.97. The average molecular weight is 172 g/mol. The molecular formula is C7H12N2O3. The number of ether oxygens (including phenoxy) is 1. The van der Waals surface area contributed by atoms with Gasteiger partial charge in [-0.2, -0.15) is 0 Å². The monoisotopic (exact) mass is 172 g/mol. The molecule has 0 aromatic carbocycles. The van der Waals surface area contributed by atoms with Crippen LogP contribution in [0.15, 0.2) is 0 Å². The van der Waals surface area contributed by atoms with Gasteiger partial charge in [-0.3, -0.25) is 14.9 Å². The van der Waals surface area contributed by atoms with Gasteiger partial charge in [0, 0.05) is 0 Å². The predicted molar refractivity (Wildman–Crippen MR) is 41.2 cm³/mol. The van der Waals surface area contributed by atoms with Crippen LogP contribution in [0.4, 0.5) is 0 Å². The third-order valence-corrected chi connectivity index (χ3v) is 1.46. The van der Waals surface area contributed by atoms with Gasteiger partial charge in [0.05, 0.1) is 19.8 Å². The summed E-state index contributed by atoms with van der Waals surface area (Å²) in [6.45, 7) is 2.30. The van der Waals surface area contributed by atoms with Crippen molar-refractivity contribution >= 4 is 11.7 Å². The lowest BCUT2D eigenvalue weighted by molar-refractivity contribution is -0.127. The van der Waals surface area contributed by atoms with Crippen molar-refractivity contribution in [3.8, 4) is 0 Å². The number of ketones is 1. The minimum atomic E-state index is -0.259. The van der Waals surface area contributed by atoms with Crippen LogP contribution in [-0.4, -0.2) is 31.2 Å². The van der Waals surface area contributed by atoms with Crippen LogP contribution in [-0.2, 0) is 14.3 Å². The number of Topliss-reactive ketones (excluding diaryl/α,β-unsaturated/α-hetero) is 1. The van der Waals surface area contributed by atoms with E-state index in [1.165, 1.54) is 6.92 Å². The molecule has 0 spiro atoms. The maximum atomic E-state index is 11.0. The first-order valence-electron chi connectivity index (χ1n) is 3.78. The number of carbonyl (C=O) groups is 2. The summed E-state index contributed by atoms with van der Waals surface area (Å²) >= 11 is 0. The van der Waals surface area contributed by atoms with Crippen LogP contribution in [0.1, 0.15) is 13.3 Å². The molecule has 1 heterocycles. The Labute approximate surface area is 70.5 Å². The van der Waals surface area contributed by atoms with Gasteiger partial charge < -0.3 is 10.1 Å². The number of rotatable bonds is 3. The van der Waals surface area contributed by atoms with Gasteiger partial charge in [0.15, 0.2) is 0 Å². The highest BCUT2D eigenvalue weighted by Gasteiger charge is 2.16. The van der Waals surface area contributed by atoms with Gasteiger partial charge >= 0.3 is 0 Å². The van der Waals surface area contributed by atoms with Crippen molar-refractivity contribution in [3.63, 3.8) is 0 Å². The molecule has 1 unspecified atom stereocenters. The summed E-state index contributed by atoms with van der Waals surface area (Å²) in [4.78, 5) is 21.5. The highest BCUT2D eigenvalue weighted by atomic mass is 16.5. The summed E-state index contributed by atoms with van der Waals surface area (Å²) in [6, 6.07) is 0. The molecule has 1 amide bonds. The molecule has 0 aromatic rings. The van der Waals surface area contributed by atoms with E-state index in [0.717, 1.165) is 0 Å². The lowest BCUT2D eigenvalue weighted by atomic mass is 10.3. The van der Waals surface area contributed by atoms with E-state index in [4.69, 9.17) is 4.74 Å². The molecule has 0 saturated carbocycles. The SMILES string of the molecule is CC(=O)CC(=O)NC1COCN1. The lowest BCUT2D eigenvalue weighted by Gasteiger charge is -2.09. The first-order valence-corrected chi connectivity index (χ1v) is 3.78. The quantitative estimate of drug-likeness (QED) is 0.535. The summed E-state index contributed by atoms with van der Waals surface area (Å²) in [5.41, 5.74) is 0. The molecule has 2 N–H and O–H groups in total. The molecule has 1 saturated heterocycles. The Balaban J connectivity index is 2.20. The second kappa shape index (κ2) is 4.18. The number of nitrogens with one attached hydrogen (secondary N) is 2. The zero-order valence-electron chi connectivity index (χ0n) is 6.92. The van der Waals surface area contributed by atoms with E-state index in [2.05, 4.69) is 10.6 Å². The fourth-order valence-electron chi connectivity index (χ4n) is 0.959. The van der Waals surface area contributed by atoms with E-state index in [1.54, 1.807) is 0 Å². The van der Waals surface area contributed by atoms with Crippen LogP contribution in [0.25, 0.3) is 0 Å². The number of amides is 1. The molecule has 0 aromatic heterocycles. The topological polar surface area (TPSA) is 67.4 Å². The lowest BCUT2D eigenvalue weighted by Crippen LogP contribution is -2.43. The molecule has 5 heteroatoms. The van der Waals surface area contributed by atoms with Gasteiger partial charge in [0.25, 0.3) is 0 Å². The van der Waals surface area contributed by atoms with Gasteiger partial charge in [-0.25, -0.2) is 0 Å². The first-order chi connectivity index (χ1) is 5.68. The van der Waals surface area contributed by atoms with E-state index < -0.39 is 0 Å². The highest BCUT2D eigenvalue weighted by Crippen LogP contribution is 1.91. The van der Waals surface area contributed by atoms with Crippen molar-refractivity contribution in [1.82, 2.24) is 10.6 Å². The maximum absolute atomic E-state index is 11.0. The Kier molecular flexibility index (Phi) is 3.19. The highest BCUT2D eigenvalue weighted by molar-refractivity contribution is 5.96. The van der Waals surface area contributed by atoms with Crippen LogP contribution < -0.4 is 10.6 Å². The fourth-order valence-corrected chi connectivity index (χ4v) is 0.959. The molecule has 12 heavy (non-hydrogen) atoms. The van der Waals surface area contributed by atoms with E-state index >= 15 is 0 Å².